The van der Waals surface area contributed by atoms with Gasteiger partial charge < -0.3 is 10.6 Å². The first-order valence-electron chi connectivity index (χ1n) is 7.26. The van der Waals surface area contributed by atoms with Crippen LogP contribution in [0.5, 0.6) is 0 Å². The quantitative estimate of drug-likeness (QED) is 0.780. The second kappa shape index (κ2) is 8.81. The lowest BCUT2D eigenvalue weighted by molar-refractivity contribution is 0.635. The third-order valence-electron chi connectivity index (χ3n) is 3.87. The largest absolute Gasteiger partial charge is 0.372 e. The van der Waals surface area contributed by atoms with Gasteiger partial charge in [-0.25, -0.2) is 0 Å². The first kappa shape index (κ1) is 17.7. The summed E-state index contributed by atoms with van der Waals surface area (Å²) in [6.07, 6.45) is 5.13. The van der Waals surface area contributed by atoms with Crippen LogP contribution in [-0.4, -0.2) is 31.1 Å². The summed E-state index contributed by atoms with van der Waals surface area (Å²) in [5.41, 5.74) is 8.52. The minimum Gasteiger partial charge on any atom is -0.372 e. The zero-order valence-electron chi connectivity index (χ0n) is 13.0. The standard InChI is InChI=1S/C16H27ClN2S/c1-5-13(18)11-14-15(17)7-6-8-16(14)19(3)12(2)9-10-20-4/h6-8,12-13H,5,9-11,18H2,1-4H3. The molecule has 0 spiro atoms. The van der Waals surface area contributed by atoms with E-state index in [0.29, 0.717) is 6.04 Å². The topological polar surface area (TPSA) is 29.3 Å². The van der Waals surface area contributed by atoms with Crippen LogP contribution in [0, 0.1) is 0 Å². The molecule has 0 fully saturated rings. The van der Waals surface area contributed by atoms with Crippen LogP contribution < -0.4 is 10.6 Å². The molecule has 2 unspecified atom stereocenters. The number of nitrogens with zero attached hydrogens (tertiary/aromatic N) is 1. The molecule has 1 aromatic carbocycles. The van der Waals surface area contributed by atoms with E-state index >= 15 is 0 Å². The summed E-state index contributed by atoms with van der Waals surface area (Å²) in [6.45, 7) is 4.38. The lowest BCUT2D eigenvalue weighted by Crippen LogP contribution is -2.31. The summed E-state index contributed by atoms with van der Waals surface area (Å²) in [5, 5.41) is 0.829. The zero-order chi connectivity index (χ0) is 15.1. The Kier molecular flexibility index (Phi) is 7.78. The predicted molar refractivity (Wildman–Crippen MR) is 94.3 cm³/mol. The number of thioether (sulfide) groups is 1. The molecule has 0 bridgehead atoms. The number of anilines is 1. The molecule has 0 saturated heterocycles. The van der Waals surface area contributed by atoms with Gasteiger partial charge in [0, 0.05) is 29.8 Å². The van der Waals surface area contributed by atoms with Gasteiger partial charge in [0.2, 0.25) is 0 Å². The van der Waals surface area contributed by atoms with E-state index in [-0.39, 0.29) is 6.04 Å². The van der Waals surface area contributed by atoms with Crippen molar-refractivity contribution in [2.75, 3.05) is 24.0 Å². The second-order valence-electron chi connectivity index (χ2n) is 5.35. The van der Waals surface area contributed by atoms with Gasteiger partial charge in [-0.2, -0.15) is 11.8 Å². The monoisotopic (exact) mass is 314 g/mol. The first-order valence-corrected chi connectivity index (χ1v) is 9.03. The van der Waals surface area contributed by atoms with Crippen LogP contribution in [0.3, 0.4) is 0 Å². The summed E-state index contributed by atoms with van der Waals surface area (Å²) < 4.78 is 0. The van der Waals surface area contributed by atoms with E-state index in [0.717, 1.165) is 17.9 Å². The van der Waals surface area contributed by atoms with E-state index < -0.39 is 0 Å². The predicted octanol–water partition coefficient (Wildman–Crippen LogP) is 4.20. The number of halogens is 1. The average Bonchev–Trinajstić information content (AvgIpc) is 2.45. The first-order chi connectivity index (χ1) is 9.51. The Morgan fingerprint density at radius 2 is 2.10 bits per heavy atom. The van der Waals surface area contributed by atoms with Crippen molar-refractivity contribution in [2.45, 2.75) is 45.2 Å². The van der Waals surface area contributed by atoms with Crippen LogP contribution in [0.15, 0.2) is 18.2 Å². The fourth-order valence-corrected chi connectivity index (χ4v) is 3.03. The highest BCUT2D eigenvalue weighted by atomic mass is 35.5. The van der Waals surface area contributed by atoms with Gasteiger partial charge in [-0.15, -0.1) is 0 Å². The van der Waals surface area contributed by atoms with Crippen LogP contribution in [0.25, 0.3) is 0 Å². The molecular weight excluding hydrogens is 288 g/mol. The number of nitrogens with two attached hydrogens (primary N) is 1. The van der Waals surface area contributed by atoms with Gasteiger partial charge in [0.05, 0.1) is 0 Å². The Morgan fingerprint density at radius 1 is 1.40 bits per heavy atom. The highest BCUT2D eigenvalue weighted by molar-refractivity contribution is 7.98. The van der Waals surface area contributed by atoms with Crippen molar-refractivity contribution in [1.82, 2.24) is 0 Å². The molecule has 20 heavy (non-hydrogen) atoms. The Bertz CT molecular complexity index is 411. The maximum absolute atomic E-state index is 6.40. The molecule has 0 aliphatic heterocycles. The molecule has 4 heteroatoms. The average molecular weight is 315 g/mol. The normalized spacial score (nSPS) is 14.1. The Labute approximate surface area is 133 Å². The van der Waals surface area contributed by atoms with E-state index in [1.807, 2.05) is 23.9 Å². The fourth-order valence-electron chi connectivity index (χ4n) is 2.21. The SMILES string of the molecule is CCC(N)Cc1c(Cl)cccc1N(C)C(C)CCSC. The van der Waals surface area contributed by atoms with E-state index in [4.69, 9.17) is 17.3 Å². The van der Waals surface area contributed by atoms with Crippen LogP contribution in [0.1, 0.15) is 32.3 Å². The van der Waals surface area contributed by atoms with Gasteiger partial charge in [-0.1, -0.05) is 24.6 Å². The molecule has 1 aromatic rings. The van der Waals surface area contributed by atoms with Crippen molar-refractivity contribution in [2.24, 2.45) is 5.73 Å². The molecule has 2 atom stereocenters. The number of rotatable bonds is 8. The van der Waals surface area contributed by atoms with Crippen LogP contribution >= 0.6 is 23.4 Å². The molecule has 0 amide bonds. The van der Waals surface area contributed by atoms with E-state index in [9.17, 15) is 0 Å². The maximum atomic E-state index is 6.40. The molecule has 2 nitrogen and oxygen atoms in total. The summed E-state index contributed by atoms with van der Waals surface area (Å²) in [5.74, 6) is 1.18. The third kappa shape index (κ3) is 4.87. The summed E-state index contributed by atoms with van der Waals surface area (Å²) >= 11 is 8.29. The van der Waals surface area contributed by atoms with E-state index in [1.54, 1.807) is 0 Å². The number of hydrogen-bond acceptors (Lipinski definition) is 3. The number of benzene rings is 1. The molecule has 114 valence electrons. The molecule has 0 heterocycles. The van der Waals surface area contributed by atoms with Crippen molar-refractivity contribution in [1.29, 1.82) is 0 Å². The fraction of sp³-hybridized carbons (Fsp3) is 0.625. The summed E-state index contributed by atoms with van der Waals surface area (Å²) in [6, 6.07) is 6.81. The van der Waals surface area contributed by atoms with Crippen molar-refractivity contribution < 1.29 is 0 Å². The van der Waals surface area contributed by atoms with Crippen molar-refractivity contribution in [3.05, 3.63) is 28.8 Å². The molecule has 0 saturated carbocycles. The second-order valence-corrected chi connectivity index (χ2v) is 6.74. The highest BCUT2D eigenvalue weighted by Gasteiger charge is 2.17. The zero-order valence-corrected chi connectivity index (χ0v) is 14.6. The molecule has 0 aliphatic carbocycles. The van der Waals surface area contributed by atoms with Gasteiger partial charge in [0.1, 0.15) is 0 Å². The Morgan fingerprint density at radius 3 is 2.70 bits per heavy atom. The van der Waals surface area contributed by atoms with Gasteiger partial charge >= 0.3 is 0 Å². The van der Waals surface area contributed by atoms with Crippen LogP contribution in [0.2, 0.25) is 5.02 Å². The summed E-state index contributed by atoms with van der Waals surface area (Å²) in [4.78, 5) is 2.33. The van der Waals surface area contributed by atoms with Gasteiger partial charge in [-0.3, -0.25) is 0 Å². The third-order valence-corrected chi connectivity index (χ3v) is 4.86. The Hall–Kier alpha value is -0.380. The van der Waals surface area contributed by atoms with Crippen molar-refractivity contribution in [3.63, 3.8) is 0 Å². The Balaban J connectivity index is 2.95. The van der Waals surface area contributed by atoms with E-state index in [2.05, 4.69) is 38.1 Å². The molecule has 1 rings (SSSR count). The molecular formula is C16H27ClN2S. The molecule has 2 N–H and O–H groups in total. The van der Waals surface area contributed by atoms with Gasteiger partial charge in [-0.05, 0) is 55.9 Å². The smallest absolute Gasteiger partial charge is 0.0459 e. The molecule has 0 radical (unpaired) electrons. The van der Waals surface area contributed by atoms with Crippen molar-refractivity contribution >= 4 is 29.1 Å². The molecule has 0 aliphatic rings. The van der Waals surface area contributed by atoms with Crippen molar-refractivity contribution in [3.8, 4) is 0 Å². The van der Waals surface area contributed by atoms with Crippen LogP contribution in [-0.2, 0) is 6.42 Å². The minimum absolute atomic E-state index is 0.170. The van der Waals surface area contributed by atoms with Gasteiger partial charge in [0.15, 0.2) is 0 Å². The summed E-state index contributed by atoms with van der Waals surface area (Å²) in [7, 11) is 2.15. The lowest BCUT2D eigenvalue weighted by atomic mass is 10.0. The maximum Gasteiger partial charge on any atom is 0.0459 e. The van der Waals surface area contributed by atoms with Gasteiger partial charge in [0.25, 0.3) is 0 Å². The van der Waals surface area contributed by atoms with Crippen LogP contribution in [0.4, 0.5) is 5.69 Å². The minimum atomic E-state index is 0.170. The highest BCUT2D eigenvalue weighted by Crippen LogP contribution is 2.30. The number of hydrogen-bond donors (Lipinski definition) is 1. The van der Waals surface area contributed by atoms with E-state index in [1.165, 1.54) is 23.4 Å². The lowest BCUT2D eigenvalue weighted by Gasteiger charge is -2.30. The molecule has 0 aromatic heterocycles.